The maximum absolute atomic E-state index is 12.5. The van der Waals surface area contributed by atoms with Crippen LogP contribution >= 0.6 is 11.3 Å². The van der Waals surface area contributed by atoms with E-state index in [2.05, 4.69) is 15.1 Å². The molecule has 1 aliphatic heterocycles. The van der Waals surface area contributed by atoms with E-state index in [0.717, 1.165) is 0 Å². The van der Waals surface area contributed by atoms with Gasteiger partial charge in [0, 0.05) is 32.6 Å². The van der Waals surface area contributed by atoms with Gasteiger partial charge in [0.25, 0.3) is 0 Å². The predicted molar refractivity (Wildman–Crippen MR) is 77.6 cm³/mol. The molecule has 0 aliphatic carbocycles. The molecule has 0 bridgehead atoms. The van der Waals surface area contributed by atoms with E-state index in [1.807, 2.05) is 0 Å². The van der Waals surface area contributed by atoms with E-state index >= 15 is 0 Å². The van der Waals surface area contributed by atoms with E-state index in [0.29, 0.717) is 50.5 Å². The Morgan fingerprint density at radius 3 is 2.36 bits per heavy atom. The third-order valence-corrected chi connectivity index (χ3v) is 4.19. The summed E-state index contributed by atoms with van der Waals surface area (Å²) in [5.74, 6) is -0.817. The zero-order chi connectivity index (χ0) is 15.5. The summed E-state index contributed by atoms with van der Waals surface area (Å²) in [6.07, 6.45) is -3.74. The zero-order valence-corrected chi connectivity index (χ0v) is 12.0. The van der Waals surface area contributed by atoms with Crippen molar-refractivity contribution in [2.45, 2.75) is 19.0 Å². The first-order valence-electron chi connectivity index (χ1n) is 6.46. The van der Waals surface area contributed by atoms with Gasteiger partial charge in [-0.05, 0) is 13.0 Å². The molecule has 1 fully saturated rings. The molecule has 2 rings (SSSR count). The topological polar surface area (TPSA) is 69.6 Å². The number of anilines is 1. The van der Waals surface area contributed by atoms with Gasteiger partial charge in [0.05, 0.1) is 0 Å². The Hall–Kier alpha value is -0.823. The third-order valence-electron chi connectivity index (χ3n) is 3.16. The number of alkyl halides is 3. The molecular formula is C11H16F3LiN4O2S. The first-order valence-corrected chi connectivity index (χ1v) is 7.27. The van der Waals surface area contributed by atoms with Crippen molar-refractivity contribution in [3.8, 4) is 0 Å². The van der Waals surface area contributed by atoms with Crippen LogP contribution < -0.4 is 4.90 Å². The number of hydrogen-bond acceptors (Lipinski definition) is 6. The molecule has 1 saturated heterocycles. The summed E-state index contributed by atoms with van der Waals surface area (Å²) in [5.41, 5.74) is 0. The van der Waals surface area contributed by atoms with Gasteiger partial charge in [-0.2, -0.15) is 13.2 Å². The second-order valence-corrected chi connectivity index (χ2v) is 5.67. The summed E-state index contributed by atoms with van der Waals surface area (Å²) in [4.78, 5) is 14.3. The molecule has 120 valence electrons. The number of carboxylic acid groups (broad SMARTS) is 1. The summed E-state index contributed by atoms with van der Waals surface area (Å²) >= 11 is 0.552. The second kappa shape index (κ2) is 8.15. The Morgan fingerprint density at radius 2 is 1.86 bits per heavy atom. The minimum atomic E-state index is -4.45. The van der Waals surface area contributed by atoms with E-state index in [1.54, 1.807) is 4.90 Å². The van der Waals surface area contributed by atoms with Gasteiger partial charge in [-0.1, -0.05) is 11.3 Å². The zero-order valence-electron chi connectivity index (χ0n) is 11.1. The number of hydrogen-bond donors (Lipinski definition) is 1. The van der Waals surface area contributed by atoms with Crippen molar-refractivity contribution >= 4 is 41.3 Å². The number of halogens is 3. The van der Waals surface area contributed by atoms with E-state index < -0.39 is 17.2 Å². The molecule has 0 amide bonds. The summed E-state index contributed by atoms with van der Waals surface area (Å²) in [6, 6.07) is 0. The van der Waals surface area contributed by atoms with Gasteiger partial charge in [0.1, 0.15) is 0 Å². The van der Waals surface area contributed by atoms with Crippen molar-refractivity contribution in [1.29, 1.82) is 0 Å². The van der Waals surface area contributed by atoms with Crippen molar-refractivity contribution < 1.29 is 23.1 Å². The molecule has 2 heterocycles. The third kappa shape index (κ3) is 5.42. The molecule has 0 spiro atoms. The summed E-state index contributed by atoms with van der Waals surface area (Å²) in [5, 5.41) is 14.7. The van der Waals surface area contributed by atoms with Crippen molar-refractivity contribution in [2.75, 3.05) is 37.6 Å². The van der Waals surface area contributed by atoms with Gasteiger partial charge in [-0.25, -0.2) is 0 Å². The van der Waals surface area contributed by atoms with Crippen LogP contribution in [0.5, 0.6) is 0 Å². The van der Waals surface area contributed by atoms with Crippen molar-refractivity contribution in [1.82, 2.24) is 15.1 Å². The average Bonchev–Trinajstić information content (AvgIpc) is 2.88. The first-order chi connectivity index (χ1) is 9.86. The normalized spacial score (nSPS) is 16.4. The fourth-order valence-corrected chi connectivity index (χ4v) is 2.84. The summed E-state index contributed by atoms with van der Waals surface area (Å²) in [7, 11) is 0. The molecular weight excluding hydrogens is 316 g/mol. The molecule has 6 nitrogen and oxygen atoms in total. The van der Waals surface area contributed by atoms with Crippen LogP contribution in [0.1, 0.15) is 17.8 Å². The summed E-state index contributed by atoms with van der Waals surface area (Å²) in [6.45, 7) is 3.18. The van der Waals surface area contributed by atoms with Crippen LogP contribution in [0.4, 0.5) is 18.3 Å². The van der Waals surface area contributed by atoms with Crippen molar-refractivity contribution in [2.24, 2.45) is 0 Å². The van der Waals surface area contributed by atoms with Gasteiger partial charge in [-0.15, -0.1) is 10.2 Å². The Bertz CT molecular complexity index is 492. The first kappa shape index (κ1) is 19.2. The molecule has 1 aromatic heterocycles. The molecule has 0 radical (unpaired) electrons. The molecule has 1 aliphatic rings. The van der Waals surface area contributed by atoms with Crippen molar-refractivity contribution in [3.05, 3.63) is 5.01 Å². The molecule has 0 saturated carbocycles. The molecule has 22 heavy (non-hydrogen) atoms. The fourth-order valence-electron chi connectivity index (χ4n) is 2.07. The molecule has 1 aromatic rings. The number of aliphatic carboxylic acids is 1. The van der Waals surface area contributed by atoms with Gasteiger partial charge >= 0.3 is 31.0 Å². The molecule has 0 unspecified atom stereocenters. The average molecular weight is 332 g/mol. The van der Waals surface area contributed by atoms with Gasteiger partial charge in [-0.3, -0.25) is 9.69 Å². The number of piperazine rings is 1. The van der Waals surface area contributed by atoms with Crippen LogP contribution in [0.3, 0.4) is 0 Å². The van der Waals surface area contributed by atoms with Crippen molar-refractivity contribution in [3.63, 3.8) is 0 Å². The Balaban J connectivity index is 0.00000242. The van der Waals surface area contributed by atoms with Crippen LogP contribution in [-0.4, -0.2) is 77.8 Å². The van der Waals surface area contributed by atoms with Gasteiger partial charge in [0.15, 0.2) is 0 Å². The van der Waals surface area contributed by atoms with Crippen LogP contribution in [0.2, 0.25) is 0 Å². The van der Waals surface area contributed by atoms with Crippen LogP contribution in [0, 0.1) is 0 Å². The standard InChI is InChI=1S/C11H15F3N4O2S.Li.H/c12-11(13,14)9-15-16-10(21-9)18-6-4-17(5-7-18)3-1-2-8(19)20;;/h1-7H2,(H,19,20);;. The fraction of sp³-hybridized carbons (Fsp3) is 0.727. The number of carboxylic acids is 1. The van der Waals surface area contributed by atoms with E-state index in [9.17, 15) is 18.0 Å². The van der Waals surface area contributed by atoms with Crippen LogP contribution in [0.25, 0.3) is 0 Å². The van der Waals surface area contributed by atoms with Gasteiger partial charge < -0.3 is 10.0 Å². The monoisotopic (exact) mass is 332 g/mol. The number of rotatable bonds is 5. The van der Waals surface area contributed by atoms with E-state index in [-0.39, 0.29) is 30.4 Å². The Morgan fingerprint density at radius 1 is 1.23 bits per heavy atom. The van der Waals surface area contributed by atoms with E-state index in [4.69, 9.17) is 5.11 Å². The molecule has 0 aromatic carbocycles. The molecule has 1 N–H and O–H groups in total. The molecule has 0 atom stereocenters. The molecule has 11 heteroatoms. The SMILES string of the molecule is O=C(O)CCCN1CCN(c2nnc(C(F)(F)F)s2)CC1.[LiH]. The minimum absolute atomic E-state index is 0. The maximum atomic E-state index is 12.5. The van der Waals surface area contributed by atoms with Gasteiger partial charge in [0.2, 0.25) is 10.1 Å². The predicted octanol–water partition coefficient (Wildman–Crippen LogP) is 0.895. The second-order valence-electron chi connectivity index (χ2n) is 4.71. The number of nitrogens with zero attached hydrogens (tertiary/aromatic N) is 4. The van der Waals surface area contributed by atoms with Crippen LogP contribution in [-0.2, 0) is 11.0 Å². The van der Waals surface area contributed by atoms with E-state index in [1.165, 1.54) is 0 Å². The summed E-state index contributed by atoms with van der Waals surface area (Å²) < 4.78 is 37.4. The number of carbonyl (C=O) groups is 1. The Labute approximate surface area is 141 Å². The number of aromatic nitrogens is 2. The Kier molecular flexibility index (Phi) is 7.12. The quantitative estimate of drug-likeness (QED) is 0.808. The van der Waals surface area contributed by atoms with Crippen LogP contribution in [0.15, 0.2) is 0 Å².